The zero-order chi connectivity index (χ0) is 11.7. The lowest BCUT2D eigenvalue weighted by Gasteiger charge is -2.47. The smallest absolute Gasteiger partial charge is 0.0736 e. The van der Waals surface area contributed by atoms with E-state index in [0.717, 1.165) is 17.9 Å². The van der Waals surface area contributed by atoms with Crippen molar-refractivity contribution in [1.29, 1.82) is 0 Å². The van der Waals surface area contributed by atoms with Gasteiger partial charge in [-0.3, -0.25) is 9.88 Å². The summed E-state index contributed by atoms with van der Waals surface area (Å²) in [5.74, 6) is 0.855. The first-order valence-corrected chi connectivity index (χ1v) is 6.64. The maximum Gasteiger partial charge on any atom is 0.0736 e. The van der Waals surface area contributed by atoms with Crippen molar-refractivity contribution in [2.75, 3.05) is 13.1 Å². The summed E-state index contributed by atoms with van der Waals surface area (Å²) in [6.45, 7) is 2.36. The molecule has 4 rings (SSSR count). The number of fused-ring (bicyclic) bond motifs is 3. The van der Waals surface area contributed by atoms with E-state index in [4.69, 9.17) is 0 Å². The SMILES string of the molecule is OC(Cc1cccnc1)C1CC2CCN1CC2. The number of piperidine rings is 3. The Bertz CT molecular complexity index is 360. The highest BCUT2D eigenvalue weighted by molar-refractivity contribution is 5.10. The monoisotopic (exact) mass is 232 g/mol. The van der Waals surface area contributed by atoms with E-state index < -0.39 is 0 Å². The van der Waals surface area contributed by atoms with E-state index in [9.17, 15) is 5.11 Å². The molecular formula is C14H20N2O. The normalized spacial score (nSPS) is 33.6. The van der Waals surface area contributed by atoms with Crippen LogP contribution in [-0.2, 0) is 6.42 Å². The lowest BCUT2D eigenvalue weighted by atomic mass is 9.80. The largest absolute Gasteiger partial charge is 0.391 e. The number of aliphatic hydroxyl groups excluding tert-OH is 1. The van der Waals surface area contributed by atoms with Gasteiger partial charge in [0, 0.05) is 24.9 Å². The molecule has 2 unspecified atom stereocenters. The predicted molar refractivity (Wildman–Crippen MR) is 66.6 cm³/mol. The topological polar surface area (TPSA) is 36.4 Å². The van der Waals surface area contributed by atoms with Crippen LogP contribution in [0, 0.1) is 5.92 Å². The number of pyridine rings is 1. The summed E-state index contributed by atoms with van der Waals surface area (Å²) in [5.41, 5.74) is 1.14. The molecule has 0 radical (unpaired) electrons. The van der Waals surface area contributed by atoms with Crippen molar-refractivity contribution in [3.63, 3.8) is 0 Å². The molecule has 3 aliphatic heterocycles. The lowest BCUT2D eigenvalue weighted by Crippen LogP contribution is -2.54. The van der Waals surface area contributed by atoms with Crippen LogP contribution in [0.1, 0.15) is 24.8 Å². The average molecular weight is 232 g/mol. The fourth-order valence-corrected chi connectivity index (χ4v) is 3.31. The molecule has 1 N–H and O–H groups in total. The molecule has 1 aromatic rings. The zero-order valence-electron chi connectivity index (χ0n) is 10.1. The third kappa shape index (κ3) is 2.35. The second kappa shape index (κ2) is 4.75. The van der Waals surface area contributed by atoms with Crippen LogP contribution in [0.15, 0.2) is 24.5 Å². The zero-order valence-corrected chi connectivity index (χ0v) is 10.1. The van der Waals surface area contributed by atoms with Gasteiger partial charge in [-0.15, -0.1) is 0 Å². The Labute approximate surface area is 102 Å². The molecule has 3 heteroatoms. The highest BCUT2D eigenvalue weighted by atomic mass is 16.3. The fraction of sp³-hybridized carbons (Fsp3) is 0.643. The molecule has 92 valence electrons. The van der Waals surface area contributed by atoms with Crippen LogP contribution < -0.4 is 0 Å². The van der Waals surface area contributed by atoms with Gasteiger partial charge in [0.2, 0.25) is 0 Å². The van der Waals surface area contributed by atoms with Crippen molar-refractivity contribution < 1.29 is 5.11 Å². The number of hydrogen-bond donors (Lipinski definition) is 1. The molecule has 2 atom stereocenters. The van der Waals surface area contributed by atoms with Crippen LogP contribution >= 0.6 is 0 Å². The van der Waals surface area contributed by atoms with E-state index in [2.05, 4.69) is 9.88 Å². The van der Waals surface area contributed by atoms with Gasteiger partial charge in [-0.1, -0.05) is 6.07 Å². The van der Waals surface area contributed by atoms with E-state index in [1.54, 1.807) is 6.20 Å². The highest BCUT2D eigenvalue weighted by Crippen LogP contribution is 2.33. The van der Waals surface area contributed by atoms with Crippen LogP contribution in [0.3, 0.4) is 0 Å². The van der Waals surface area contributed by atoms with Crippen LogP contribution in [-0.4, -0.2) is 40.2 Å². The standard InChI is InChI=1S/C14H20N2O/c17-14(9-12-2-1-5-15-10-12)13-8-11-3-6-16(13)7-4-11/h1-2,5,10-11,13-14,17H,3-4,6-9H2. The Kier molecular flexibility index (Phi) is 3.12. The predicted octanol–water partition coefficient (Wildman–Crippen LogP) is 1.47. The van der Waals surface area contributed by atoms with Crippen molar-refractivity contribution in [2.45, 2.75) is 37.8 Å². The summed E-state index contributed by atoms with van der Waals surface area (Å²) in [6, 6.07) is 4.37. The molecule has 0 amide bonds. The summed E-state index contributed by atoms with van der Waals surface area (Å²) in [4.78, 5) is 6.58. The second-order valence-electron chi connectivity index (χ2n) is 5.42. The Morgan fingerprint density at radius 1 is 1.41 bits per heavy atom. The van der Waals surface area contributed by atoms with Crippen molar-refractivity contribution >= 4 is 0 Å². The Morgan fingerprint density at radius 2 is 2.24 bits per heavy atom. The number of nitrogens with zero attached hydrogens (tertiary/aromatic N) is 2. The van der Waals surface area contributed by atoms with E-state index in [0.29, 0.717) is 6.04 Å². The van der Waals surface area contributed by atoms with Gasteiger partial charge in [-0.05, 0) is 49.9 Å². The molecule has 1 aromatic heterocycles. The van der Waals surface area contributed by atoms with Crippen LogP contribution in [0.2, 0.25) is 0 Å². The lowest BCUT2D eigenvalue weighted by molar-refractivity contribution is -0.0251. The summed E-state index contributed by atoms with van der Waals surface area (Å²) < 4.78 is 0. The second-order valence-corrected chi connectivity index (χ2v) is 5.42. The molecule has 0 saturated carbocycles. The van der Waals surface area contributed by atoms with E-state index in [1.807, 2.05) is 18.3 Å². The van der Waals surface area contributed by atoms with E-state index >= 15 is 0 Å². The molecule has 0 spiro atoms. The molecule has 0 aromatic carbocycles. The minimum absolute atomic E-state index is 0.234. The molecular weight excluding hydrogens is 212 g/mol. The molecule has 4 heterocycles. The molecule has 0 aliphatic carbocycles. The maximum atomic E-state index is 10.4. The number of hydrogen-bond acceptors (Lipinski definition) is 3. The first-order chi connectivity index (χ1) is 8.33. The van der Waals surface area contributed by atoms with Crippen LogP contribution in [0.5, 0.6) is 0 Å². The van der Waals surface area contributed by atoms with Gasteiger partial charge in [0.05, 0.1) is 6.10 Å². The Hall–Kier alpha value is -0.930. The van der Waals surface area contributed by atoms with Gasteiger partial charge in [-0.25, -0.2) is 0 Å². The minimum atomic E-state index is -0.234. The summed E-state index contributed by atoms with van der Waals surface area (Å²) in [7, 11) is 0. The van der Waals surface area contributed by atoms with Gasteiger partial charge in [0.1, 0.15) is 0 Å². The van der Waals surface area contributed by atoms with Crippen molar-refractivity contribution in [3.8, 4) is 0 Å². The number of rotatable bonds is 3. The van der Waals surface area contributed by atoms with Gasteiger partial charge < -0.3 is 5.11 Å². The molecule has 2 bridgehead atoms. The van der Waals surface area contributed by atoms with Gasteiger partial charge in [0.15, 0.2) is 0 Å². The minimum Gasteiger partial charge on any atom is -0.391 e. The number of aromatic nitrogens is 1. The van der Waals surface area contributed by atoms with Crippen LogP contribution in [0.25, 0.3) is 0 Å². The first-order valence-electron chi connectivity index (χ1n) is 6.64. The Balaban J connectivity index is 1.64. The molecule has 3 aliphatic rings. The van der Waals surface area contributed by atoms with Gasteiger partial charge in [-0.2, -0.15) is 0 Å². The van der Waals surface area contributed by atoms with Gasteiger partial charge in [0.25, 0.3) is 0 Å². The van der Waals surface area contributed by atoms with Crippen molar-refractivity contribution in [1.82, 2.24) is 9.88 Å². The molecule has 3 nitrogen and oxygen atoms in total. The van der Waals surface area contributed by atoms with Gasteiger partial charge >= 0.3 is 0 Å². The summed E-state index contributed by atoms with van der Waals surface area (Å²) >= 11 is 0. The summed E-state index contributed by atoms with van der Waals surface area (Å²) in [6.07, 6.45) is 7.99. The third-order valence-electron chi connectivity index (χ3n) is 4.30. The number of aliphatic hydroxyl groups is 1. The van der Waals surface area contributed by atoms with E-state index in [-0.39, 0.29) is 6.10 Å². The summed E-state index contributed by atoms with van der Waals surface area (Å²) in [5, 5.41) is 10.4. The Morgan fingerprint density at radius 3 is 2.82 bits per heavy atom. The molecule has 17 heavy (non-hydrogen) atoms. The van der Waals surface area contributed by atoms with Crippen LogP contribution in [0.4, 0.5) is 0 Å². The molecule has 3 saturated heterocycles. The quantitative estimate of drug-likeness (QED) is 0.857. The van der Waals surface area contributed by atoms with E-state index in [1.165, 1.54) is 32.4 Å². The van der Waals surface area contributed by atoms with Crippen molar-refractivity contribution in [3.05, 3.63) is 30.1 Å². The maximum absolute atomic E-state index is 10.4. The average Bonchev–Trinajstić information content (AvgIpc) is 2.41. The first kappa shape index (κ1) is 11.2. The van der Waals surface area contributed by atoms with Crippen molar-refractivity contribution in [2.24, 2.45) is 5.92 Å². The highest BCUT2D eigenvalue weighted by Gasteiger charge is 2.37. The molecule has 3 fully saturated rings. The third-order valence-corrected chi connectivity index (χ3v) is 4.30. The fourth-order valence-electron chi connectivity index (χ4n) is 3.31.